The number of hydrogen-bond donors (Lipinski definition) is 2. The zero-order valence-corrected chi connectivity index (χ0v) is 19.0. The van der Waals surface area contributed by atoms with Gasteiger partial charge < -0.3 is 20.3 Å². The number of likely N-dealkylation sites (N-methyl/N-ethyl adjacent to an activating group) is 1. The smallest absolute Gasteiger partial charge is 0.240 e. The minimum absolute atomic E-state index is 0. The van der Waals surface area contributed by atoms with E-state index in [1.165, 1.54) is 6.42 Å². The van der Waals surface area contributed by atoms with E-state index in [4.69, 9.17) is 4.74 Å². The van der Waals surface area contributed by atoms with Crippen LogP contribution in [-0.4, -0.2) is 61.7 Å². The van der Waals surface area contributed by atoms with Crippen LogP contribution in [0.25, 0.3) is 0 Å². The van der Waals surface area contributed by atoms with E-state index in [-0.39, 0.29) is 47.4 Å². The van der Waals surface area contributed by atoms with E-state index < -0.39 is 0 Å². The number of rotatable bonds is 3. The van der Waals surface area contributed by atoms with Crippen LogP contribution in [0.15, 0.2) is 4.99 Å². The number of hydrogen-bond acceptors (Lipinski definition) is 3. The minimum atomic E-state index is -0.225. The molecule has 0 aromatic carbocycles. The topological polar surface area (TPSA) is 66.0 Å². The number of carbonyl (C=O) groups excluding carboxylic acids is 1. The maximum atomic E-state index is 12.2. The van der Waals surface area contributed by atoms with E-state index in [0.717, 1.165) is 19.0 Å². The van der Waals surface area contributed by atoms with Crippen LogP contribution in [0.1, 0.15) is 47.5 Å². The summed E-state index contributed by atoms with van der Waals surface area (Å²) in [5.74, 6) is 1.29. The fourth-order valence-electron chi connectivity index (χ4n) is 4.05. The molecular formula is C18H35IN4O2. The van der Waals surface area contributed by atoms with Crippen molar-refractivity contribution in [2.24, 2.45) is 16.3 Å². The summed E-state index contributed by atoms with van der Waals surface area (Å²) in [6, 6.07) is 0.328. The summed E-state index contributed by atoms with van der Waals surface area (Å²) in [7, 11) is 3.67. The van der Waals surface area contributed by atoms with Gasteiger partial charge in [0.2, 0.25) is 5.91 Å². The second-order valence-electron chi connectivity index (χ2n) is 8.74. The Labute approximate surface area is 169 Å². The van der Waals surface area contributed by atoms with Gasteiger partial charge in [0.15, 0.2) is 5.96 Å². The molecule has 1 aliphatic heterocycles. The number of amides is 1. The monoisotopic (exact) mass is 466 g/mol. The third-order valence-electron chi connectivity index (χ3n) is 5.08. The molecule has 146 valence electrons. The predicted octanol–water partition coefficient (Wildman–Crippen LogP) is 2.23. The maximum absolute atomic E-state index is 12.2. The van der Waals surface area contributed by atoms with Gasteiger partial charge in [0.1, 0.15) is 0 Å². The summed E-state index contributed by atoms with van der Waals surface area (Å²) < 4.78 is 5.96. The summed E-state index contributed by atoms with van der Waals surface area (Å²) in [5.41, 5.74) is -0.146. The van der Waals surface area contributed by atoms with Crippen molar-refractivity contribution in [1.82, 2.24) is 15.5 Å². The number of halogens is 1. The number of carbonyl (C=O) groups is 1. The van der Waals surface area contributed by atoms with Gasteiger partial charge in [-0.3, -0.25) is 9.79 Å². The van der Waals surface area contributed by atoms with Gasteiger partial charge in [-0.1, -0.05) is 13.8 Å². The molecule has 0 radical (unpaired) electrons. The summed E-state index contributed by atoms with van der Waals surface area (Å²) in [5, 5.41) is 6.56. The molecule has 2 N–H and O–H groups in total. The van der Waals surface area contributed by atoms with Crippen LogP contribution in [0.3, 0.4) is 0 Å². The molecule has 1 saturated carbocycles. The molecule has 1 saturated heterocycles. The van der Waals surface area contributed by atoms with Crippen molar-refractivity contribution in [3.05, 3.63) is 0 Å². The number of aliphatic imine (C=N–C) groups is 1. The highest BCUT2D eigenvalue weighted by atomic mass is 127. The average Bonchev–Trinajstić information content (AvgIpc) is 2.45. The lowest BCUT2D eigenvalue weighted by molar-refractivity contribution is -0.188. The molecule has 0 aromatic heterocycles. The second-order valence-corrected chi connectivity index (χ2v) is 8.74. The van der Waals surface area contributed by atoms with Crippen LogP contribution in [0.4, 0.5) is 0 Å². The normalized spacial score (nSPS) is 28.1. The summed E-state index contributed by atoms with van der Waals surface area (Å²) in [6.07, 6.45) is 2.64. The predicted molar refractivity (Wildman–Crippen MR) is 112 cm³/mol. The molecule has 2 aliphatic rings. The first-order valence-corrected chi connectivity index (χ1v) is 8.93. The Bertz CT molecular complexity index is 502. The van der Waals surface area contributed by atoms with Gasteiger partial charge in [-0.05, 0) is 33.6 Å². The molecule has 2 fully saturated rings. The van der Waals surface area contributed by atoms with E-state index in [0.29, 0.717) is 18.1 Å². The largest absolute Gasteiger partial charge is 0.377 e. The number of nitrogens with one attached hydrogen (secondary N) is 2. The summed E-state index contributed by atoms with van der Waals surface area (Å²) >= 11 is 0. The highest BCUT2D eigenvalue weighted by Crippen LogP contribution is 2.51. The number of ether oxygens (including phenoxy) is 1. The third kappa shape index (κ3) is 5.21. The van der Waals surface area contributed by atoms with E-state index in [1.807, 2.05) is 32.7 Å². The quantitative estimate of drug-likeness (QED) is 0.381. The Kier molecular flexibility index (Phi) is 7.56. The minimum Gasteiger partial charge on any atom is -0.377 e. The Morgan fingerprint density at radius 3 is 2.56 bits per heavy atom. The van der Waals surface area contributed by atoms with Crippen molar-refractivity contribution in [2.45, 2.75) is 65.1 Å². The van der Waals surface area contributed by atoms with Gasteiger partial charge in [0.25, 0.3) is 0 Å². The lowest BCUT2D eigenvalue weighted by atomic mass is 9.55. The molecule has 0 spiro atoms. The molecule has 3 unspecified atom stereocenters. The van der Waals surface area contributed by atoms with Crippen LogP contribution in [0.5, 0.6) is 0 Å². The van der Waals surface area contributed by atoms with E-state index in [9.17, 15) is 4.79 Å². The molecule has 1 aliphatic carbocycles. The molecule has 0 bridgehead atoms. The summed E-state index contributed by atoms with van der Waals surface area (Å²) in [4.78, 5) is 18.4. The average molecular weight is 466 g/mol. The molecule has 2 rings (SSSR count). The van der Waals surface area contributed by atoms with Gasteiger partial charge in [0, 0.05) is 43.6 Å². The summed E-state index contributed by atoms with van der Waals surface area (Å²) in [6.45, 7) is 11.6. The Balaban J connectivity index is 0.00000312. The Morgan fingerprint density at radius 1 is 1.36 bits per heavy atom. The standard InChI is InChI=1S/C18H34N4O2.HI/c1-17(2,3)21-13(23)11-22(7)16(19-6)20-14-12-9-8-10-24-15(12)18(14,4)5;/h12,14-15H,8-11H2,1-7H3,(H,19,20)(H,21,23);1H. The molecule has 0 aromatic rings. The number of guanidine groups is 1. The molecule has 1 amide bonds. The second kappa shape index (κ2) is 8.41. The van der Waals surface area contributed by atoms with Crippen LogP contribution < -0.4 is 10.6 Å². The Morgan fingerprint density at radius 2 is 2.00 bits per heavy atom. The van der Waals surface area contributed by atoms with Crippen LogP contribution in [-0.2, 0) is 9.53 Å². The third-order valence-corrected chi connectivity index (χ3v) is 5.08. The van der Waals surface area contributed by atoms with Crippen molar-refractivity contribution < 1.29 is 9.53 Å². The van der Waals surface area contributed by atoms with Crippen LogP contribution >= 0.6 is 24.0 Å². The van der Waals surface area contributed by atoms with Gasteiger partial charge >= 0.3 is 0 Å². The highest BCUT2D eigenvalue weighted by molar-refractivity contribution is 14.0. The van der Waals surface area contributed by atoms with Crippen molar-refractivity contribution in [3.63, 3.8) is 0 Å². The zero-order chi connectivity index (χ0) is 18.1. The van der Waals surface area contributed by atoms with E-state index >= 15 is 0 Å². The van der Waals surface area contributed by atoms with Crippen LogP contribution in [0, 0.1) is 11.3 Å². The van der Waals surface area contributed by atoms with Crippen molar-refractivity contribution >= 4 is 35.8 Å². The van der Waals surface area contributed by atoms with Gasteiger partial charge in [-0.2, -0.15) is 0 Å². The zero-order valence-electron chi connectivity index (χ0n) is 16.7. The van der Waals surface area contributed by atoms with Crippen molar-refractivity contribution in [2.75, 3.05) is 27.2 Å². The fraction of sp³-hybridized carbons (Fsp3) is 0.889. The number of nitrogens with zero attached hydrogens (tertiary/aromatic N) is 2. The van der Waals surface area contributed by atoms with Gasteiger partial charge in [0.05, 0.1) is 12.6 Å². The van der Waals surface area contributed by atoms with E-state index in [2.05, 4.69) is 29.5 Å². The first kappa shape index (κ1) is 22.5. The molecule has 7 heteroatoms. The molecule has 3 atom stereocenters. The first-order chi connectivity index (χ1) is 11.1. The lowest BCUT2D eigenvalue weighted by Gasteiger charge is -2.60. The number of fused-ring (bicyclic) bond motifs is 1. The van der Waals surface area contributed by atoms with Crippen molar-refractivity contribution in [1.29, 1.82) is 0 Å². The molecule has 25 heavy (non-hydrogen) atoms. The SMILES string of the molecule is CN=C(NC1C2CCCOC2C1(C)C)N(C)CC(=O)NC(C)(C)C.I. The maximum Gasteiger partial charge on any atom is 0.240 e. The Hall–Kier alpha value is -0.570. The highest BCUT2D eigenvalue weighted by Gasteiger charge is 2.58. The molecular weight excluding hydrogens is 431 g/mol. The van der Waals surface area contributed by atoms with Crippen molar-refractivity contribution in [3.8, 4) is 0 Å². The van der Waals surface area contributed by atoms with Gasteiger partial charge in [-0.15, -0.1) is 24.0 Å². The van der Waals surface area contributed by atoms with Gasteiger partial charge in [-0.25, -0.2) is 0 Å². The lowest BCUT2D eigenvalue weighted by Crippen LogP contribution is -2.71. The molecule has 1 heterocycles. The van der Waals surface area contributed by atoms with Crippen LogP contribution in [0.2, 0.25) is 0 Å². The first-order valence-electron chi connectivity index (χ1n) is 8.93. The fourth-order valence-corrected chi connectivity index (χ4v) is 4.05. The van der Waals surface area contributed by atoms with E-state index in [1.54, 1.807) is 7.05 Å². The molecule has 6 nitrogen and oxygen atoms in total.